The smallest absolute Gasteiger partial charge is 0.418 e. The molecule has 2 aliphatic rings. The van der Waals surface area contributed by atoms with E-state index in [0.29, 0.717) is 52.7 Å². The number of hydrogen-bond acceptors (Lipinski definition) is 7. The molecule has 10 heteroatoms. The van der Waals surface area contributed by atoms with Crippen LogP contribution in [0.3, 0.4) is 0 Å². The average Bonchev–Trinajstić information content (AvgIpc) is 2.99. The molecule has 4 rings (SSSR count). The molecule has 42 heavy (non-hydrogen) atoms. The Kier molecular flexibility index (Phi) is 11.7. The summed E-state index contributed by atoms with van der Waals surface area (Å²) in [6, 6.07) is 13.2. The van der Waals surface area contributed by atoms with Crippen molar-refractivity contribution >= 4 is 35.3 Å². The Morgan fingerprint density at radius 1 is 1.00 bits per heavy atom. The van der Waals surface area contributed by atoms with E-state index >= 15 is 0 Å². The topological polar surface area (TPSA) is 83.5 Å². The molecule has 2 heterocycles. The zero-order chi connectivity index (χ0) is 30.1. The monoisotopic (exact) mass is 617 g/mol. The van der Waals surface area contributed by atoms with Crippen LogP contribution in [-0.4, -0.2) is 63.2 Å². The van der Waals surface area contributed by atoms with Crippen LogP contribution in [0.25, 0.3) is 0 Å². The molecule has 8 nitrogen and oxygen atoms in total. The van der Waals surface area contributed by atoms with Crippen LogP contribution in [-0.2, 0) is 30.2 Å². The number of carbonyl (C=O) groups excluding carboxylic acids is 2. The first-order valence-corrected chi connectivity index (χ1v) is 14.8. The van der Waals surface area contributed by atoms with Crippen LogP contribution in [0, 0.1) is 0 Å². The fourth-order valence-corrected chi connectivity index (χ4v) is 5.52. The van der Waals surface area contributed by atoms with E-state index < -0.39 is 18.0 Å². The van der Waals surface area contributed by atoms with Gasteiger partial charge in [-0.2, -0.15) is 0 Å². The first kappa shape index (κ1) is 31.9. The number of allylic oxidation sites excluding steroid dienone is 3. The molecular formula is C32H37Cl2NO7. The van der Waals surface area contributed by atoms with Crippen LogP contribution in [0.15, 0.2) is 65.5 Å². The first-order valence-electron chi connectivity index (χ1n) is 14.1. The van der Waals surface area contributed by atoms with Gasteiger partial charge in [0.15, 0.2) is 0 Å². The van der Waals surface area contributed by atoms with E-state index in [4.69, 9.17) is 46.9 Å². The van der Waals surface area contributed by atoms with Crippen LogP contribution in [0.1, 0.15) is 50.2 Å². The number of rotatable bonds is 11. The van der Waals surface area contributed by atoms with Gasteiger partial charge in [0.25, 0.3) is 0 Å². The number of halogens is 2. The summed E-state index contributed by atoms with van der Waals surface area (Å²) in [5.41, 5.74) is 3.11. The predicted molar refractivity (Wildman–Crippen MR) is 161 cm³/mol. The van der Waals surface area contributed by atoms with Gasteiger partial charge in [0.05, 0.1) is 48.7 Å². The second-order valence-electron chi connectivity index (χ2n) is 10.1. The summed E-state index contributed by atoms with van der Waals surface area (Å²) in [7, 11) is 1.30. The van der Waals surface area contributed by atoms with Crippen molar-refractivity contribution in [3.63, 3.8) is 0 Å². The zero-order valence-corrected chi connectivity index (χ0v) is 25.7. The molecule has 1 atom stereocenters. The Hall–Kier alpha value is -3.04. The summed E-state index contributed by atoms with van der Waals surface area (Å²) in [6.45, 7) is 6.22. The summed E-state index contributed by atoms with van der Waals surface area (Å²) in [5.74, 6) is -0.356. The van der Waals surface area contributed by atoms with Gasteiger partial charge in [-0.1, -0.05) is 53.5 Å². The Balaban J connectivity index is 1.26. The van der Waals surface area contributed by atoms with Gasteiger partial charge >= 0.3 is 12.1 Å². The minimum absolute atomic E-state index is 0.147. The van der Waals surface area contributed by atoms with Gasteiger partial charge in [0.2, 0.25) is 0 Å². The third-order valence-corrected chi connectivity index (χ3v) is 8.15. The van der Waals surface area contributed by atoms with Crippen molar-refractivity contribution in [2.45, 2.75) is 51.6 Å². The van der Waals surface area contributed by atoms with Crippen LogP contribution in [0.4, 0.5) is 4.79 Å². The van der Waals surface area contributed by atoms with Crippen molar-refractivity contribution in [3.05, 3.63) is 86.7 Å². The minimum Gasteiger partial charge on any atom is -0.493 e. The van der Waals surface area contributed by atoms with Crippen molar-refractivity contribution in [1.29, 1.82) is 0 Å². The molecule has 1 amide bonds. The number of amides is 1. The largest absolute Gasteiger partial charge is 0.493 e. The molecule has 0 spiro atoms. The van der Waals surface area contributed by atoms with E-state index in [0.717, 1.165) is 38.2 Å². The SMILES string of the molecule is COC(=O)C1=C(C)N(C(=O)OCCCOc2ccc(CCOC3CCOCC3)cc2)C(C)=C[C@H]1c1cccc(Cl)c1Cl. The maximum atomic E-state index is 13.1. The van der Waals surface area contributed by atoms with E-state index in [1.54, 1.807) is 38.1 Å². The Morgan fingerprint density at radius 2 is 1.74 bits per heavy atom. The highest BCUT2D eigenvalue weighted by molar-refractivity contribution is 6.42. The van der Waals surface area contributed by atoms with E-state index in [-0.39, 0.29) is 12.2 Å². The number of nitrogens with zero attached hydrogens (tertiary/aromatic N) is 1. The van der Waals surface area contributed by atoms with Crippen LogP contribution < -0.4 is 4.74 Å². The highest BCUT2D eigenvalue weighted by Crippen LogP contribution is 2.41. The molecule has 2 aromatic rings. The lowest BCUT2D eigenvalue weighted by atomic mass is 9.86. The van der Waals surface area contributed by atoms with E-state index in [1.165, 1.54) is 17.6 Å². The van der Waals surface area contributed by atoms with E-state index in [9.17, 15) is 9.59 Å². The lowest BCUT2D eigenvalue weighted by Gasteiger charge is -2.33. The third-order valence-electron chi connectivity index (χ3n) is 7.32. The summed E-state index contributed by atoms with van der Waals surface area (Å²) >= 11 is 12.7. The van der Waals surface area contributed by atoms with Crippen molar-refractivity contribution in [3.8, 4) is 5.75 Å². The number of methoxy groups -OCH3 is 1. The van der Waals surface area contributed by atoms with Gasteiger partial charge in [-0.15, -0.1) is 0 Å². The summed E-state index contributed by atoms with van der Waals surface area (Å²) in [5, 5.41) is 0.713. The molecule has 0 aromatic heterocycles. The lowest BCUT2D eigenvalue weighted by molar-refractivity contribution is -0.136. The average molecular weight is 619 g/mol. The minimum atomic E-state index is -0.592. The van der Waals surface area contributed by atoms with Crippen molar-refractivity contribution in [1.82, 2.24) is 4.90 Å². The second kappa shape index (κ2) is 15.4. The molecular weight excluding hydrogens is 581 g/mol. The Morgan fingerprint density at radius 3 is 2.45 bits per heavy atom. The molecule has 1 fully saturated rings. The molecule has 2 aliphatic heterocycles. The van der Waals surface area contributed by atoms with Crippen molar-refractivity contribution in [2.24, 2.45) is 0 Å². The fourth-order valence-electron chi connectivity index (χ4n) is 5.09. The molecule has 0 saturated carbocycles. The maximum Gasteiger partial charge on any atom is 0.418 e. The molecule has 0 radical (unpaired) electrons. The quantitative estimate of drug-likeness (QED) is 0.197. The molecule has 1 saturated heterocycles. The zero-order valence-electron chi connectivity index (χ0n) is 24.2. The van der Waals surface area contributed by atoms with E-state index in [2.05, 4.69) is 0 Å². The summed E-state index contributed by atoms with van der Waals surface area (Å²) < 4.78 is 27.7. The van der Waals surface area contributed by atoms with Crippen LogP contribution in [0.5, 0.6) is 5.75 Å². The number of benzene rings is 2. The van der Waals surface area contributed by atoms with Gasteiger partial charge in [0, 0.05) is 36.9 Å². The molecule has 0 N–H and O–H groups in total. The molecule has 0 unspecified atom stereocenters. The Bertz CT molecular complexity index is 1300. The highest BCUT2D eigenvalue weighted by Gasteiger charge is 2.35. The van der Waals surface area contributed by atoms with Gasteiger partial charge < -0.3 is 23.7 Å². The van der Waals surface area contributed by atoms with Gasteiger partial charge in [0.1, 0.15) is 5.75 Å². The normalized spacial score (nSPS) is 17.6. The first-order chi connectivity index (χ1) is 20.3. The maximum absolute atomic E-state index is 13.1. The number of esters is 1. The number of hydrogen-bond donors (Lipinski definition) is 0. The molecule has 0 aliphatic carbocycles. The lowest BCUT2D eigenvalue weighted by Crippen LogP contribution is -2.35. The highest BCUT2D eigenvalue weighted by atomic mass is 35.5. The van der Waals surface area contributed by atoms with Gasteiger partial charge in [-0.3, -0.25) is 4.90 Å². The van der Waals surface area contributed by atoms with Gasteiger partial charge in [-0.05, 0) is 62.4 Å². The summed E-state index contributed by atoms with van der Waals surface area (Å²) in [6.07, 6.45) is 4.74. The van der Waals surface area contributed by atoms with Crippen molar-refractivity contribution < 1.29 is 33.3 Å². The summed E-state index contributed by atoms with van der Waals surface area (Å²) in [4.78, 5) is 27.3. The second-order valence-corrected chi connectivity index (χ2v) is 10.9. The number of ether oxygens (including phenoxy) is 5. The van der Waals surface area contributed by atoms with Crippen LogP contribution >= 0.6 is 23.2 Å². The fraction of sp³-hybridized carbons (Fsp3) is 0.438. The Labute approximate surface area is 257 Å². The molecule has 2 aromatic carbocycles. The van der Waals surface area contributed by atoms with Crippen molar-refractivity contribution in [2.75, 3.05) is 40.1 Å². The van der Waals surface area contributed by atoms with E-state index in [1.807, 2.05) is 24.3 Å². The third kappa shape index (κ3) is 8.07. The standard InChI is InChI=1S/C32H37Cl2NO7/c1-21-20-27(26-6-4-7-28(33)30(26)34)29(31(36)38-3)22(2)35(21)32(37)42-16-5-15-40-24-10-8-23(9-11-24)12-19-41-25-13-17-39-18-14-25/h4,6-11,20,25,27H,5,12-19H2,1-3H3/t27-/m0/s1. The van der Waals surface area contributed by atoms with Gasteiger partial charge in [-0.25, -0.2) is 9.59 Å². The molecule has 0 bridgehead atoms. The molecule has 226 valence electrons. The predicted octanol–water partition coefficient (Wildman–Crippen LogP) is 7.09. The van der Waals surface area contributed by atoms with Crippen LogP contribution in [0.2, 0.25) is 10.0 Å². The number of carbonyl (C=O) groups is 2.